The minimum absolute atomic E-state index is 0.166. The van der Waals surface area contributed by atoms with Crippen LogP contribution >= 0.6 is 0 Å². The number of rotatable bonds is 4. The van der Waals surface area contributed by atoms with Crippen LogP contribution in [-0.2, 0) is 0 Å². The van der Waals surface area contributed by atoms with E-state index >= 15 is 0 Å². The zero-order chi connectivity index (χ0) is 7.45. The van der Waals surface area contributed by atoms with Crippen molar-refractivity contribution in [3.8, 4) is 12.3 Å². The van der Waals surface area contributed by atoms with Crippen LogP contribution in [0, 0.1) is 12.3 Å². The van der Waals surface area contributed by atoms with Crippen molar-refractivity contribution >= 4 is 0 Å². The lowest BCUT2D eigenvalue weighted by Gasteiger charge is -2.04. The van der Waals surface area contributed by atoms with E-state index in [-0.39, 0.29) is 5.66 Å². The van der Waals surface area contributed by atoms with Gasteiger partial charge >= 0.3 is 0 Å². The van der Waals surface area contributed by atoms with Crippen molar-refractivity contribution in [3.63, 3.8) is 0 Å². The molecule has 0 amide bonds. The molecule has 1 heterocycles. The van der Waals surface area contributed by atoms with Crippen molar-refractivity contribution in [3.05, 3.63) is 0 Å². The van der Waals surface area contributed by atoms with Crippen molar-refractivity contribution in [1.82, 2.24) is 0 Å². The first kappa shape index (κ1) is 7.23. The maximum absolute atomic E-state index is 5.35. The third-order valence-electron chi connectivity index (χ3n) is 1.60. The van der Waals surface area contributed by atoms with E-state index < -0.39 is 0 Å². The van der Waals surface area contributed by atoms with Crippen molar-refractivity contribution in [2.45, 2.75) is 24.9 Å². The number of hydrogen-bond donors (Lipinski definition) is 1. The largest absolute Gasteiger partial charge is 0.330 e. The van der Waals surface area contributed by atoms with Crippen LogP contribution in [0.4, 0.5) is 0 Å². The van der Waals surface area contributed by atoms with E-state index in [1.54, 1.807) is 0 Å². The molecule has 0 fully saturated rings. The average Bonchev–Trinajstić information content (AvgIpc) is 2.67. The normalized spacial score (nSPS) is 18.4. The van der Waals surface area contributed by atoms with Gasteiger partial charge in [-0.15, -0.1) is 12.3 Å². The van der Waals surface area contributed by atoms with Crippen molar-refractivity contribution in [1.29, 1.82) is 0 Å². The molecule has 3 nitrogen and oxygen atoms in total. The average molecular weight is 137 g/mol. The second-order valence-corrected chi connectivity index (χ2v) is 2.43. The molecule has 3 heteroatoms. The lowest BCUT2D eigenvalue weighted by atomic mass is 10.1. The van der Waals surface area contributed by atoms with Gasteiger partial charge < -0.3 is 5.73 Å². The Hall–Kier alpha value is -0.880. The summed E-state index contributed by atoms with van der Waals surface area (Å²) < 4.78 is 0. The van der Waals surface area contributed by atoms with E-state index in [1.165, 1.54) is 0 Å². The summed E-state index contributed by atoms with van der Waals surface area (Å²) in [5.74, 6) is 2.56. The van der Waals surface area contributed by atoms with Crippen LogP contribution in [0.5, 0.6) is 0 Å². The standard InChI is InChI=1S/C7H11N3/c1-2-3-4-7(5-6-8)9-10-7/h1H,3-6,8H2. The summed E-state index contributed by atoms with van der Waals surface area (Å²) >= 11 is 0. The molecular weight excluding hydrogens is 126 g/mol. The maximum Gasteiger partial charge on any atom is 0.193 e. The summed E-state index contributed by atoms with van der Waals surface area (Å²) in [7, 11) is 0. The minimum Gasteiger partial charge on any atom is -0.330 e. The first-order valence-electron chi connectivity index (χ1n) is 3.40. The summed E-state index contributed by atoms with van der Waals surface area (Å²) in [6.07, 6.45) is 7.54. The van der Waals surface area contributed by atoms with E-state index in [9.17, 15) is 0 Å². The molecule has 0 aromatic heterocycles. The Morgan fingerprint density at radius 3 is 2.50 bits per heavy atom. The smallest absolute Gasteiger partial charge is 0.193 e. The second-order valence-electron chi connectivity index (χ2n) is 2.43. The Kier molecular flexibility index (Phi) is 2.03. The zero-order valence-electron chi connectivity index (χ0n) is 5.88. The van der Waals surface area contributed by atoms with Gasteiger partial charge in [-0.2, -0.15) is 10.2 Å². The molecule has 0 aromatic carbocycles. The lowest BCUT2D eigenvalue weighted by Crippen LogP contribution is -2.16. The van der Waals surface area contributed by atoms with E-state index in [0.717, 1.165) is 19.3 Å². The van der Waals surface area contributed by atoms with Crippen LogP contribution in [0.1, 0.15) is 19.3 Å². The highest BCUT2D eigenvalue weighted by Crippen LogP contribution is 2.35. The second kappa shape index (κ2) is 2.80. The highest BCUT2D eigenvalue weighted by atomic mass is 15.4. The molecule has 0 atom stereocenters. The van der Waals surface area contributed by atoms with Gasteiger partial charge in [0.05, 0.1) is 0 Å². The Balaban J connectivity index is 2.19. The molecule has 0 bridgehead atoms. The molecule has 0 radical (unpaired) electrons. The van der Waals surface area contributed by atoms with Crippen LogP contribution in [0.25, 0.3) is 0 Å². The van der Waals surface area contributed by atoms with Gasteiger partial charge in [0, 0.05) is 19.3 Å². The lowest BCUT2D eigenvalue weighted by molar-refractivity contribution is 0.521. The van der Waals surface area contributed by atoms with Gasteiger partial charge in [-0.1, -0.05) is 0 Å². The molecule has 10 heavy (non-hydrogen) atoms. The molecular formula is C7H11N3. The topological polar surface area (TPSA) is 50.7 Å². The molecule has 54 valence electrons. The first-order valence-corrected chi connectivity index (χ1v) is 3.40. The number of hydrogen-bond acceptors (Lipinski definition) is 3. The van der Waals surface area contributed by atoms with Crippen LogP contribution in [0.3, 0.4) is 0 Å². The number of nitrogens with zero attached hydrogens (tertiary/aromatic N) is 2. The van der Waals surface area contributed by atoms with Crippen molar-refractivity contribution in [2.75, 3.05) is 6.54 Å². The third-order valence-corrected chi connectivity index (χ3v) is 1.60. The molecule has 0 aromatic rings. The summed E-state index contributed by atoms with van der Waals surface area (Å²) in [5, 5.41) is 7.82. The summed E-state index contributed by atoms with van der Waals surface area (Å²) in [6, 6.07) is 0. The van der Waals surface area contributed by atoms with Crippen LogP contribution in [0.15, 0.2) is 10.2 Å². The van der Waals surface area contributed by atoms with Gasteiger partial charge in [0.25, 0.3) is 0 Å². The first-order chi connectivity index (χ1) is 4.83. The molecule has 1 aliphatic rings. The Morgan fingerprint density at radius 1 is 1.40 bits per heavy atom. The fraction of sp³-hybridized carbons (Fsp3) is 0.714. The van der Waals surface area contributed by atoms with Crippen molar-refractivity contribution in [2.24, 2.45) is 16.0 Å². The molecule has 0 saturated carbocycles. The van der Waals surface area contributed by atoms with Crippen molar-refractivity contribution < 1.29 is 0 Å². The quantitative estimate of drug-likeness (QED) is 0.575. The zero-order valence-corrected chi connectivity index (χ0v) is 5.88. The monoisotopic (exact) mass is 137 g/mol. The fourth-order valence-corrected chi connectivity index (χ4v) is 0.899. The van der Waals surface area contributed by atoms with Gasteiger partial charge in [-0.05, 0) is 6.54 Å². The van der Waals surface area contributed by atoms with E-state index in [4.69, 9.17) is 12.2 Å². The van der Waals surface area contributed by atoms with E-state index in [2.05, 4.69) is 16.1 Å². The minimum atomic E-state index is -0.166. The summed E-state index contributed by atoms with van der Waals surface area (Å²) in [4.78, 5) is 0. The fourth-order valence-electron chi connectivity index (χ4n) is 0.899. The van der Waals surface area contributed by atoms with Gasteiger partial charge in [-0.3, -0.25) is 0 Å². The molecule has 1 rings (SSSR count). The van der Waals surface area contributed by atoms with Gasteiger partial charge in [-0.25, -0.2) is 0 Å². The van der Waals surface area contributed by atoms with E-state index in [1.807, 2.05) is 0 Å². The predicted molar refractivity (Wildman–Crippen MR) is 39.3 cm³/mol. The van der Waals surface area contributed by atoms with Crippen LogP contribution < -0.4 is 5.73 Å². The summed E-state index contributed by atoms with van der Waals surface area (Å²) in [6.45, 7) is 0.636. The molecule has 2 N–H and O–H groups in total. The highest BCUT2D eigenvalue weighted by molar-refractivity contribution is 4.97. The predicted octanol–water partition coefficient (Wildman–Crippen LogP) is 0.911. The summed E-state index contributed by atoms with van der Waals surface area (Å²) in [5.41, 5.74) is 5.19. The molecule has 1 aliphatic heterocycles. The van der Waals surface area contributed by atoms with E-state index in [0.29, 0.717) is 6.54 Å². The molecule has 0 saturated heterocycles. The number of terminal acetylenes is 1. The van der Waals surface area contributed by atoms with Crippen LogP contribution in [-0.4, -0.2) is 12.2 Å². The molecule has 0 spiro atoms. The van der Waals surface area contributed by atoms with Gasteiger partial charge in [0.2, 0.25) is 0 Å². The van der Waals surface area contributed by atoms with Gasteiger partial charge in [0.15, 0.2) is 5.66 Å². The van der Waals surface area contributed by atoms with Gasteiger partial charge in [0.1, 0.15) is 0 Å². The highest BCUT2D eigenvalue weighted by Gasteiger charge is 2.37. The van der Waals surface area contributed by atoms with Crippen LogP contribution in [0.2, 0.25) is 0 Å². The Labute approximate surface area is 60.7 Å². The molecule has 0 aliphatic carbocycles. The third kappa shape index (κ3) is 1.55. The molecule has 0 unspecified atom stereocenters. The SMILES string of the molecule is C#CCCC1(CCN)N=N1. The number of nitrogens with two attached hydrogens (primary N) is 1. The Bertz CT molecular complexity index is 172. The maximum atomic E-state index is 5.35. The Morgan fingerprint density at radius 2 is 2.10 bits per heavy atom.